The Bertz CT molecular complexity index is 834. The molecule has 0 spiro atoms. The van der Waals surface area contributed by atoms with E-state index in [0.717, 1.165) is 5.69 Å². The standard InChI is InChI=1S/C19H18ClN3O3/c1-12(24)21-15-4-6-16(7-5-15)22-19(26)13-10-18(25)23(11-13)17-8-2-14(20)3-9-17/h2-9,13H,10-11H2,1H3,(H,21,24)(H,22,26)/t13-/m1/s1. The molecule has 0 saturated carbocycles. The van der Waals surface area contributed by atoms with Gasteiger partial charge in [-0.3, -0.25) is 14.4 Å². The van der Waals surface area contributed by atoms with Crippen molar-refractivity contribution >= 4 is 46.4 Å². The van der Waals surface area contributed by atoms with Crippen LogP contribution in [0.15, 0.2) is 48.5 Å². The van der Waals surface area contributed by atoms with Gasteiger partial charge < -0.3 is 15.5 Å². The topological polar surface area (TPSA) is 78.5 Å². The third-order valence-electron chi connectivity index (χ3n) is 4.11. The normalized spacial score (nSPS) is 16.5. The fourth-order valence-corrected chi connectivity index (χ4v) is 2.96. The molecule has 0 aliphatic carbocycles. The summed E-state index contributed by atoms with van der Waals surface area (Å²) >= 11 is 5.87. The van der Waals surface area contributed by atoms with Crippen molar-refractivity contribution in [2.75, 3.05) is 22.1 Å². The van der Waals surface area contributed by atoms with Crippen LogP contribution >= 0.6 is 11.6 Å². The molecule has 0 unspecified atom stereocenters. The number of nitrogens with zero attached hydrogens (tertiary/aromatic N) is 1. The van der Waals surface area contributed by atoms with Gasteiger partial charge >= 0.3 is 0 Å². The van der Waals surface area contributed by atoms with E-state index in [2.05, 4.69) is 10.6 Å². The quantitative estimate of drug-likeness (QED) is 0.865. The number of rotatable bonds is 4. The molecule has 2 aromatic carbocycles. The molecule has 1 fully saturated rings. The van der Waals surface area contributed by atoms with Crippen LogP contribution in [-0.2, 0) is 14.4 Å². The van der Waals surface area contributed by atoms with Crippen LogP contribution in [0.25, 0.3) is 0 Å². The number of nitrogens with one attached hydrogen (secondary N) is 2. The molecule has 134 valence electrons. The largest absolute Gasteiger partial charge is 0.326 e. The van der Waals surface area contributed by atoms with Gasteiger partial charge in [-0.25, -0.2) is 0 Å². The second-order valence-corrected chi connectivity index (χ2v) is 6.57. The number of carbonyl (C=O) groups excluding carboxylic acids is 3. The van der Waals surface area contributed by atoms with E-state index < -0.39 is 5.92 Å². The zero-order chi connectivity index (χ0) is 18.7. The molecule has 3 rings (SSSR count). The molecular formula is C19H18ClN3O3. The van der Waals surface area contributed by atoms with Gasteiger partial charge in [0.1, 0.15) is 0 Å². The minimum absolute atomic E-state index is 0.0894. The molecule has 6 nitrogen and oxygen atoms in total. The van der Waals surface area contributed by atoms with Crippen molar-refractivity contribution in [2.24, 2.45) is 5.92 Å². The third kappa shape index (κ3) is 4.21. The lowest BCUT2D eigenvalue weighted by Crippen LogP contribution is -2.28. The van der Waals surface area contributed by atoms with Gasteiger partial charge in [0.2, 0.25) is 17.7 Å². The first-order valence-electron chi connectivity index (χ1n) is 8.17. The first-order chi connectivity index (χ1) is 12.4. The summed E-state index contributed by atoms with van der Waals surface area (Å²) in [4.78, 5) is 37.3. The highest BCUT2D eigenvalue weighted by molar-refractivity contribution is 6.30. The summed E-state index contributed by atoms with van der Waals surface area (Å²) in [5, 5.41) is 6.07. The minimum Gasteiger partial charge on any atom is -0.326 e. The molecular weight excluding hydrogens is 354 g/mol. The maximum absolute atomic E-state index is 12.5. The van der Waals surface area contributed by atoms with E-state index >= 15 is 0 Å². The maximum atomic E-state index is 12.5. The van der Waals surface area contributed by atoms with Crippen molar-refractivity contribution in [1.29, 1.82) is 0 Å². The lowest BCUT2D eigenvalue weighted by atomic mass is 10.1. The van der Waals surface area contributed by atoms with Gasteiger partial charge in [-0.05, 0) is 48.5 Å². The molecule has 3 amide bonds. The second kappa shape index (κ2) is 7.58. The van der Waals surface area contributed by atoms with Crippen LogP contribution in [0, 0.1) is 5.92 Å². The number of hydrogen-bond donors (Lipinski definition) is 2. The molecule has 1 saturated heterocycles. The van der Waals surface area contributed by atoms with Crippen molar-refractivity contribution in [2.45, 2.75) is 13.3 Å². The Kier molecular flexibility index (Phi) is 5.23. The number of benzene rings is 2. The summed E-state index contributed by atoms with van der Waals surface area (Å²) < 4.78 is 0. The Morgan fingerprint density at radius 2 is 1.58 bits per heavy atom. The van der Waals surface area contributed by atoms with E-state index in [9.17, 15) is 14.4 Å². The molecule has 2 aromatic rings. The Balaban J connectivity index is 1.62. The molecule has 2 N–H and O–H groups in total. The second-order valence-electron chi connectivity index (χ2n) is 6.13. The zero-order valence-electron chi connectivity index (χ0n) is 14.2. The van der Waals surface area contributed by atoms with E-state index in [4.69, 9.17) is 11.6 Å². The van der Waals surface area contributed by atoms with E-state index in [-0.39, 0.29) is 24.1 Å². The fourth-order valence-electron chi connectivity index (χ4n) is 2.84. The molecule has 0 radical (unpaired) electrons. The number of carbonyl (C=O) groups is 3. The first-order valence-corrected chi connectivity index (χ1v) is 8.54. The smallest absolute Gasteiger partial charge is 0.229 e. The molecule has 26 heavy (non-hydrogen) atoms. The first kappa shape index (κ1) is 17.9. The average Bonchev–Trinajstić information content (AvgIpc) is 2.99. The van der Waals surface area contributed by atoms with Gasteiger partial charge in [-0.15, -0.1) is 0 Å². The van der Waals surface area contributed by atoms with Crippen molar-refractivity contribution < 1.29 is 14.4 Å². The Morgan fingerprint density at radius 3 is 2.15 bits per heavy atom. The lowest BCUT2D eigenvalue weighted by Gasteiger charge is -2.16. The van der Waals surface area contributed by atoms with Gasteiger partial charge in [-0.2, -0.15) is 0 Å². The van der Waals surface area contributed by atoms with Crippen LogP contribution < -0.4 is 15.5 Å². The van der Waals surface area contributed by atoms with Crippen LogP contribution in [0.1, 0.15) is 13.3 Å². The molecule has 1 atom stereocenters. The Labute approximate surface area is 156 Å². The molecule has 1 aliphatic rings. The zero-order valence-corrected chi connectivity index (χ0v) is 14.9. The number of hydrogen-bond acceptors (Lipinski definition) is 3. The highest BCUT2D eigenvalue weighted by Gasteiger charge is 2.35. The van der Waals surface area contributed by atoms with E-state index in [1.807, 2.05) is 0 Å². The number of halogens is 1. The molecule has 0 bridgehead atoms. The fraction of sp³-hybridized carbons (Fsp3) is 0.211. The monoisotopic (exact) mass is 371 g/mol. The van der Waals surface area contributed by atoms with Gasteiger partial charge in [0.05, 0.1) is 5.92 Å². The van der Waals surface area contributed by atoms with E-state index in [1.54, 1.807) is 53.4 Å². The summed E-state index contributed by atoms with van der Waals surface area (Å²) in [6, 6.07) is 13.8. The molecule has 1 aliphatic heterocycles. The molecule has 0 aromatic heterocycles. The number of amides is 3. The van der Waals surface area contributed by atoms with Crippen LogP contribution in [-0.4, -0.2) is 24.3 Å². The summed E-state index contributed by atoms with van der Waals surface area (Å²) in [7, 11) is 0. The van der Waals surface area contributed by atoms with Crippen LogP contribution in [0.2, 0.25) is 5.02 Å². The average molecular weight is 372 g/mol. The van der Waals surface area contributed by atoms with Crippen molar-refractivity contribution in [3.8, 4) is 0 Å². The SMILES string of the molecule is CC(=O)Nc1ccc(NC(=O)[C@@H]2CC(=O)N(c3ccc(Cl)cc3)C2)cc1. The van der Waals surface area contributed by atoms with Crippen molar-refractivity contribution in [3.05, 3.63) is 53.6 Å². The van der Waals surface area contributed by atoms with Crippen LogP contribution in [0.4, 0.5) is 17.1 Å². The Morgan fingerprint density at radius 1 is 1.00 bits per heavy atom. The molecule has 7 heteroatoms. The van der Waals surface area contributed by atoms with Gasteiger partial charge in [0.25, 0.3) is 0 Å². The predicted molar refractivity (Wildman–Crippen MR) is 101 cm³/mol. The highest BCUT2D eigenvalue weighted by atomic mass is 35.5. The highest BCUT2D eigenvalue weighted by Crippen LogP contribution is 2.27. The summed E-state index contributed by atoms with van der Waals surface area (Å²) in [5.41, 5.74) is 2.00. The van der Waals surface area contributed by atoms with E-state index in [1.165, 1.54) is 6.92 Å². The molecule has 1 heterocycles. The number of anilines is 3. The third-order valence-corrected chi connectivity index (χ3v) is 4.36. The van der Waals surface area contributed by atoms with Crippen LogP contribution in [0.3, 0.4) is 0 Å². The van der Waals surface area contributed by atoms with Crippen molar-refractivity contribution in [3.63, 3.8) is 0 Å². The van der Waals surface area contributed by atoms with Crippen molar-refractivity contribution in [1.82, 2.24) is 0 Å². The van der Waals surface area contributed by atoms with Crippen LogP contribution in [0.5, 0.6) is 0 Å². The Hall–Kier alpha value is -2.86. The lowest BCUT2D eigenvalue weighted by molar-refractivity contribution is -0.122. The van der Waals surface area contributed by atoms with Gasteiger partial charge in [0.15, 0.2) is 0 Å². The summed E-state index contributed by atoms with van der Waals surface area (Å²) in [6.07, 6.45) is 0.165. The predicted octanol–water partition coefficient (Wildman–Crippen LogP) is 3.29. The maximum Gasteiger partial charge on any atom is 0.229 e. The van der Waals surface area contributed by atoms with Gasteiger partial charge in [-0.1, -0.05) is 11.6 Å². The summed E-state index contributed by atoms with van der Waals surface area (Å²) in [6.45, 7) is 1.76. The van der Waals surface area contributed by atoms with E-state index in [0.29, 0.717) is 22.9 Å². The minimum atomic E-state index is -0.423. The summed E-state index contributed by atoms with van der Waals surface area (Å²) in [5.74, 6) is -0.877. The van der Waals surface area contributed by atoms with Gasteiger partial charge in [0, 0.05) is 42.0 Å².